The van der Waals surface area contributed by atoms with Crippen molar-refractivity contribution in [2.45, 2.75) is 64.0 Å². The van der Waals surface area contributed by atoms with Crippen molar-refractivity contribution in [1.29, 1.82) is 0 Å². The predicted octanol–water partition coefficient (Wildman–Crippen LogP) is 4.11. The number of amides is 1. The zero-order valence-electron chi connectivity index (χ0n) is 16.7. The van der Waals surface area contributed by atoms with Crippen molar-refractivity contribution < 1.29 is 9.53 Å². The Morgan fingerprint density at radius 3 is 2.81 bits per heavy atom. The second-order valence-corrected chi connectivity index (χ2v) is 8.04. The Hall–Kier alpha value is -1.75. The Bertz CT molecular complexity index is 648. The van der Waals surface area contributed by atoms with Gasteiger partial charge in [-0.15, -0.1) is 0 Å². The third-order valence-electron chi connectivity index (χ3n) is 6.06. The number of nitrogens with one attached hydrogen (secondary N) is 1. The molecule has 1 fully saturated rings. The van der Waals surface area contributed by atoms with E-state index in [-0.39, 0.29) is 11.5 Å². The van der Waals surface area contributed by atoms with Crippen LogP contribution in [0, 0.1) is 0 Å². The first-order valence-corrected chi connectivity index (χ1v) is 10.0. The van der Waals surface area contributed by atoms with Crippen LogP contribution in [0.1, 0.15) is 57.9 Å². The van der Waals surface area contributed by atoms with Crippen molar-refractivity contribution in [2.24, 2.45) is 0 Å². The van der Waals surface area contributed by atoms with Gasteiger partial charge in [-0.2, -0.15) is 0 Å². The Kier molecular flexibility index (Phi) is 5.76. The number of likely N-dealkylation sites (tertiary alicyclic amines) is 1. The van der Waals surface area contributed by atoms with Crippen molar-refractivity contribution in [1.82, 2.24) is 10.2 Å². The molecule has 2 heterocycles. The lowest BCUT2D eigenvalue weighted by atomic mass is 9.81. The Morgan fingerprint density at radius 1 is 1.27 bits per heavy atom. The van der Waals surface area contributed by atoms with Crippen LogP contribution in [0.3, 0.4) is 0 Å². The monoisotopic (exact) mass is 359 g/mol. The number of anilines is 1. The fourth-order valence-electron chi connectivity index (χ4n) is 4.68. The van der Waals surface area contributed by atoms with Gasteiger partial charge in [0.05, 0.1) is 6.17 Å². The third kappa shape index (κ3) is 3.54. The number of rotatable bonds is 7. The van der Waals surface area contributed by atoms with Crippen molar-refractivity contribution in [3.8, 4) is 5.75 Å². The molecular weight excluding hydrogens is 326 g/mol. The fraction of sp³-hybridized carbons (Fsp3) is 0.667. The summed E-state index contributed by atoms with van der Waals surface area (Å²) >= 11 is 0. The summed E-state index contributed by atoms with van der Waals surface area (Å²) in [6, 6.07) is 6.05. The van der Waals surface area contributed by atoms with E-state index >= 15 is 0 Å². The van der Waals surface area contributed by atoms with Gasteiger partial charge >= 0.3 is 6.09 Å². The minimum absolute atomic E-state index is 0.0912. The van der Waals surface area contributed by atoms with Gasteiger partial charge in [-0.1, -0.05) is 39.5 Å². The second-order valence-electron chi connectivity index (χ2n) is 8.04. The van der Waals surface area contributed by atoms with Gasteiger partial charge in [-0.05, 0) is 43.7 Å². The molecule has 1 amide bonds. The number of hydrogen-bond donors (Lipinski definition) is 1. The molecule has 1 N–H and O–H groups in total. The molecule has 0 bridgehead atoms. The molecule has 0 aliphatic carbocycles. The molecule has 0 aromatic heterocycles. The zero-order chi connectivity index (χ0) is 18.7. The van der Waals surface area contributed by atoms with E-state index in [0.29, 0.717) is 18.5 Å². The highest BCUT2D eigenvalue weighted by Crippen LogP contribution is 2.51. The summed E-state index contributed by atoms with van der Waals surface area (Å²) in [7, 11) is 4.34. The van der Waals surface area contributed by atoms with Crippen molar-refractivity contribution in [2.75, 3.05) is 32.1 Å². The normalized spacial score (nSPS) is 24.5. The highest BCUT2D eigenvalue weighted by Gasteiger charge is 2.52. The smallest absolute Gasteiger partial charge is 0.410 e. The molecule has 1 aromatic rings. The Morgan fingerprint density at radius 2 is 2.04 bits per heavy atom. The van der Waals surface area contributed by atoms with Crippen molar-refractivity contribution in [3.63, 3.8) is 0 Å². The lowest BCUT2D eigenvalue weighted by Crippen LogP contribution is -2.45. The number of unbranched alkanes of at least 4 members (excludes halogenated alkanes) is 4. The number of fused-ring (bicyclic) bond motifs is 3. The molecule has 0 saturated carbocycles. The Balaban J connectivity index is 1.58. The maximum absolute atomic E-state index is 12.1. The molecule has 26 heavy (non-hydrogen) atoms. The maximum Gasteiger partial charge on any atom is 0.412 e. The van der Waals surface area contributed by atoms with Gasteiger partial charge in [0.2, 0.25) is 0 Å². The third-order valence-corrected chi connectivity index (χ3v) is 6.06. The van der Waals surface area contributed by atoms with E-state index in [9.17, 15) is 4.79 Å². The molecule has 0 spiro atoms. The van der Waals surface area contributed by atoms with Crippen LogP contribution in [0.5, 0.6) is 5.75 Å². The first-order chi connectivity index (χ1) is 12.5. The molecule has 1 aromatic carbocycles. The highest BCUT2D eigenvalue weighted by molar-refractivity contribution is 5.72. The van der Waals surface area contributed by atoms with Gasteiger partial charge in [0.1, 0.15) is 5.75 Å². The van der Waals surface area contributed by atoms with E-state index in [4.69, 9.17) is 4.74 Å². The molecule has 0 radical (unpaired) electrons. The van der Waals surface area contributed by atoms with Gasteiger partial charge in [0, 0.05) is 31.2 Å². The molecular formula is C21H33N3O2. The average Bonchev–Trinajstić information content (AvgIpc) is 3.04. The Labute approximate surface area is 157 Å². The van der Waals surface area contributed by atoms with Gasteiger partial charge < -0.3 is 15.0 Å². The first kappa shape index (κ1) is 19.0. The lowest BCUT2D eigenvalue weighted by molar-refractivity contribution is 0.200. The highest BCUT2D eigenvalue weighted by atomic mass is 16.6. The molecule has 1 saturated heterocycles. The van der Waals surface area contributed by atoms with Crippen LogP contribution < -0.4 is 15.0 Å². The molecule has 144 valence electrons. The SMILES string of the molecule is CCCCCCCNC(=O)Oc1ccc2c(c1)C1(C)CCN(C)C1N2C. The first-order valence-electron chi connectivity index (χ1n) is 10.0. The van der Waals surface area contributed by atoms with E-state index < -0.39 is 0 Å². The molecule has 5 nitrogen and oxygen atoms in total. The lowest BCUT2D eigenvalue weighted by Gasteiger charge is -2.32. The molecule has 3 rings (SSSR count). The summed E-state index contributed by atoms with van der Waals surface area (Å²) in [6.07, 6.45) is 7.06. The van der Waals surface area contributed by atoms with Gasteiger partial charge in [0.15, 0.2) is 0 Å². The fourth-order valence-corrected chi connectivity index (χ4v) is 4.68. The number of ether oxygens (including phenoxy) is 1. The summed E-state index contributed by atoms with van der Waals surface area (Å²) in [5.41, 5.74) is 2.63. The van der Waals surface area contributed by atoms with Crippen molar-refractivity contribution in [3.05, 3.63) is 23.8 Å². The van der Waals surface area contributed by atoms with Crippen LogP contribution in [0.25, 0.3) is 0 Å². The number of nitrogens with zero attached hydrogens (tertiary/aromatic N) is 2. The minimum atomic E-state index is -0.350. The predicted molar refractivity (Wildman–Crippen MR) is 106 cm³/mol. The van der Waals surface area contributed by atoms with E-state index in [1.807, 2.05) is 6.07 Å². The van der Waals surface area contributed by atoms with Crippen LogP contribution in [0.2, 0.25) is 0 Å². The minimum Gasteiger partial charge on any atom is -0.410 e. The number of likely N-dealkylation sites (N-methyl/N-ethyl adjacent to an activating group) is 2. The van der Waals surface area contributed by atoms with Gasteiger partial charge in [-0.3, -0.25) is 4.90 Å². The van der Waals surface area contributed by atoms with Crippen LogP contribution in [-0.2, 0) is 5.41 Å². The van der Waals surface area contributed by atoms with E-state index in [1.54, 1.807) is 0 Å². The van der Waals surface area contributed by atoms with Crippen LogP contribution in [0.15, 0.2) is 18.2 Å². The topological polar surface area (TPSA) is 44.8 Å². The molecule has 2 aliphatic rings. The number of carbonyl (C=O) groups is 1. The zero-order valence-corrected chi connectivity index (χ0v) is 16.7. The van der Waals surface area contributed by atoms with Crippen molar-refractivity contribution >= 4 is 11.8 Å². The largest absolute Gasteiger partial charge is 0.412 e. The van der Waals surface area contributed by atoms with E-state index in [0.717, 1.165) is 25.8 Å². The summed E-state index contributed by atoms with van der Waals surface area (Å²) in [4.78, 5) is 16.8. The number of benzene rings is 1. The maximum atomic E-state index is 12.1. The molecule has 2 unspecified atom stereocenters. The molecule has 2 aliphatic heterocycles. The summed E-state index contributed by atoms with van der Waals surface area (Å²) < 4.78 is 5.54. The molecule has 2 atom stereocenters. The van der Waals surface area contributed by atoms with Crippen LogP contribution >= 0.6 is 0 Å². The van der Waals surface area contributed by atoms with Crippen LogP contribution in [-0.4, -0.2) is 44.3 Å². The standard InChI is InChI=1S/C21H33N3O2/c1-5-6-7-8-9-13-22-20(25)26-16-10-11-18-17(15-16)21(2)12-14-23(3)19(21)24(18)4/h10-11,15,19H,5-9,12-14H2,1-4H3,(H,22,25). The van der Waals surface area contributed by atoms with E-state index in [1.165, 1.54) is 30.5 Å². The molecule has 5 heteroatoms. The summed E-state index contributed by atoms with van der Waals surface area (Å²) in [5, 5.41) is 2.87. The van der Waals surface area contributed by atoms with Crippen LogP contribution in [0.4, 0.5) is 10.5 Å². The summed E-state index contributed by atoms with van der Waals surface area (Å²) in [5.74, 6) is 0.636. The van der Waals surface area contributed by atoms with Gasteiger partial charge in [-0.25, -0.2) is 4.79 Å². The summed E-state index contributed by atoms with van der Waals surface area (Å²) in [6.45, 7) is 6.30. The van der Waals surface area contributed by atoms with Gasteiger partial charge in [0.25, 0.3) is 0 Å². The van der Waals surface area contributed by atoms with E-state index in [2.05, 4.69) is 55.2 Å². The average molecular weight is 360 g/mol. The quantitative estimate of drug-likeness (QED) is 0.744. The second kappa shape index (κ2) is 7.87. The number of carbonyl (C=O) groups excluding carboxylic acids is 1. The number of hydrogen-bond acceptors (Lipinski definition) is 4.